The van der Waals surface area contributed by atoms with Crippen molar-refractivity contribution < 1.29 is 17.6 Å². The molecular weight excluding hydrogens is 211 g/mol. The maximum Gasteiger partial charge on any atom is 0.435 e. The summed E-state index contributed by atoms with van der Waals surface area (Å²) in [7, 11) is 0. The van der Waals surface area contributed by atoms with Crippen molar-refractivity contribution in [3.8, 4) is 6.01 Å². The van der Waals surface area contributed by atoms with E-state index in [2.05, 4.69) is 10.1 Å². The van der Waals surface area contributed by atoms with Crippen molar-refractivity contribution in [2.45, 2.75) is 13.1 Å². The first-order chi connectivity index (χ1) is 6.98. The molecule has 0 saturated carbocycles. The van der Waals surface area contributed by atoms with Crippen LogP contribution in [0.5, 0.6) is 0 Å². The van der Waals surface area contributed by atoms with Gasteiger partial charge in [0, 0.05) is 5.69 Å². The Morgan fingerprint density at radius 2 is 2.13 bits per heavy atom. The third-order valence-corrected chi connectivity index (χ3v) is 1.78. The first-order valence-corrected chi connectivity index (χ1v) is 4.02. The maximum absolute atomic E-state index is 12.3. The van der Waals surface area contributed by atoms with Crippen LogP contribution >= 0.6 is 0 Å². The van der Waals surface area contributed by atoms with Crippen LogP contribution in [-0.4, -0.2) is 14.8 Å². The fourth-order valence-electron chi connectivity index (χ4n) is 1.13. The Kier molecular flexibility index (Phi) is 2.02. The van der Waals surface area contributed by atoms with Crippen molar-refractivity contribution in [1.29, 1.82) is 0 Å². The molecule has 0 N–H and O–H groups in total. The number of hydrogen-bond donors (Lipinski definition) is 0. The molecule has 15 heavy (non-hydrogen) atoms. The van der Waals surface area contributed by atoms with E-state index in [-0.39, 0.29) is 6.01 Å². The second kappa shape index (κ2) is 3.11. The number of hydrogen-bond acceptors (Lipinski definition) is 3. The van der Waals surface area contributed by atoms with Gasteiger partial charge in [-0.05, 0) is 13.0 Å². The Labute approximate surface area is 82.3 Å². The quantitative estimate of drug-likeness (QED) is 0.735. The van der Waals surface area contributed by atoms with Crippen molar-refractivity contribution >= 4 is 0 Å². The van der Waals surface area contributed by atoms with Crippen LogP contribution in [0.1, 0.15) is 11.4 Å². The standard InChI is InChI=1S/C8H6F3N3O/c1-5-4-6(8(9,10)11)13-14(5)7-12-2-3-15-7/h2-4H,1H3. The van der Waals surface area contributed by atoms with E-state index in [0.29, 0.717) is 5.69 Å². The molecule has 0 amide bonds. The summed E-state index contributed by atoms with van der Waals surface area (Å²) in [5, 5.41) is 3.36. The minimum atomic E-state index is -4.46. The number of aryl methyl sites for hydroxylation is 1. The van der Waals surface area contributed by atoms with Crippen LogP contribution in [0.4, 0.5) is 13.2 Å². The van der Waals surface area contributed by atoms with Gasteiger partial charge in [0.05, 0.1) is 6.20 Å². The zero-order valence-corrected chi connectivity index (χ0v) is 7.62. The van der Waals surface area contributed by atoms with Gasteiger partial charge in [-0.25, -0.2) is 4.98 Å². The lowest BCUT2D eigenvalue weighted by Gasteiger charge is -1.99. The third kappa shape index (κ3) is 1.72. The maximum atomic E-state index is 12.3. The number of halogens is 3. The van der Waals surface area contributed by atoms with Crippen molar-refractivity contribution in [2.75, 3.05) is 0 Å². The van der Waals surface area contributed by atoms with Crippen molar-refractivity contribution in [3.63, 3.8) is 0 Å². The van der Waals surface area contributed by atoms with E-state index in [9.17, 15) is 13.2 Å². The van der Waals surface area contributed by atoms with E-state index in [4.69, 9.17) is 4.42 Å². The Morgan fingerprint density at radius 1 is 1.40 bits per heavy atom. The molecule has 2 aromatic heterocycles. The molecule has 2 aromatic rings. The average molecular weight is 217 g/mol. The molecule has 80 valence electrons. The number of rotatable bonds is 1. The normalized spacial score (nSPS) is 12.0. The summed E-state index contributed by atoms with van der Waals surface area (Å²) in [5.41, 5.74) is -0.650. The van der Waals surface area contributed by atoms with E-state index >= 15 is 0 Å². The topological polar surface area (TPSA) is 43.9 Å². The minimum absolute atomic E-state index is 0.0167. The van der Waals surface area contributed by atoms with Gasteiger partial charge in [0.1, 0.15) is 6.26 Å². The zero-order valence-electron chi connectivity index (χ0n) is 7.62. The van der Waals surface area contributed by atoms with Gasteiger partial charge in [0.2, 0.25) is 0 Å². The van der Waals surface area contributed by atoms with Crippen LogP contribution < -0.4 is 0 Å². The molecule has 0 atom stereocenters. The molecule has 0 fully saturated rings. The summed E-state index contributed by atoms with van der Waals surface area (Å²) in [6.07, 6.45) is -1.85. The van der Waals surface area contributed by atoms with Crippen molar-refractivity contribution in [2.24, 2.45) is 0 Å². The molecule has 7 heteroatoms. The van der Waals surface area contributed by atoms with Gasteiger partial charge in [-0.15, -0.1) is 0 Å². The third-order valence-electron chi connectivity index (χ3n) is 1.78. The van der Waals surface area contributed by atoms with Crippen LogP contribution in [0.3, 0.4) is 0 Å². The lowest BCUT2D eigenvalue weighted by atomic mass is 10.4. The first-order valence-electron chi connectivity index (χ1n) is 4.02. The first kappa shape index (κ1) is 9.75. The van der Waals surface area contributed by atoms with Crippen LogP contribution in [0.15, 0.2) is 22.9 Å². The highest BCUT2D eigenvalue weighted by atomic mass is 19.4. The summed E-state index contributed by atoms with van der Waals surface area (Å²) in [6.45, 7) is 1.49. The molecule has 0 aliphatic rings. The van der Waals surface area contributed by atoms with Gasteiger partial charge in [-0.2, -0.15) is 23.0 Å². The van der Waals surface area contributed by atoms with Gasteiger partial charge in [0.25, 0.3) is 0 Å². The van der Waals surface area contributed by atoms with E-state index in [1.54, 1.807) is 0 Å². The molecule has 0 bridgehead atoms. The number of alkyl halides is 3. The Bertz CT molecular complexity index is 458. The molecule has 4 nitrogen and oxygen atoms in total. The summed E-state index contributed by atoms with van der Waals surface area (Å²) in [6, 6.07) is 0.951. The van der Waals surface area contributed by atoms with E-state index in [1.165, 1.54) is 19.4 Å². The SMILES string of the molecule is Cc1cc(C(F)(F)F)nn1-c1ncco1. The predicted octanol–water partition coefficient (Wildman–Crippen LogP) is 2.19. The van der Waals surface area contributed by atoms with Gasteiger partial charge >= 0.3 is 12.2 Å². The number of aromatic nitrogens is 3. The molecule has 0 unspecified atom stereocenters. The van der Waals surface area contributed by atoms with Crippen LogP contribution in [0, 0.1) is 6.92 Å². The monoisotopic (exact) mass is 217 g/mol. The fraction of sp³-hybridized carbons (Fsp3) is 0.250. The second-order valence-corrected chi connectivity index (χ2v) is 2.90. The van der Waals surface area contributed by atoms with Gasteiger partial charge in [0.15, 0.2) is 5.69 Å². The van der Waals surface area contributed by atoms with E-state index in [0.717, 1.165) is 10.7 Å². The van der Waals surface area contributed by atoms with Crippen LogP contribution in [0.25, 0.3) is 6.01 Å². The Balaban J connectivity index is 2.47. The number of oxazole rings is 1. The Hall–Kier alpha value is -1.79. The van der Waals surface area contributed by atoms with Crippen LogP contribution in [-0.2, 0) is 6.18 Å². The summed E-state index contributed by atoms with van der Waals surface area (Å²) in [5.74, 6) is 0. The molecular formula is C8H6F3N3O. The Morgan fingerprint density at radius 3 is 2.60 bits per heavy atom. The summed E-state index contributed by atoms with van der Waals surface area (Å²) >= 11 is 0. The highest BCUT2D eigenvalue weighted by molar-refractivity contribution is 5.18. The molecule has 0 aliphatic heterocycles. The summed E-state index contributed by atoms with van der Waals surface area (Å²) < 4.78 is 42.7. The van der Waals surface area contributed by atoms with Crippen LogP contribution in [0.2, 0.25) is 0 Å². The second-order valence-electron chi connectivity index (χ2n) is 2.90. The van der Waals surface area contributed by atoms with Gasteiger partial charge in [-0.3, -0.25) is 0 Å². The highest BCUT2D eigenvalue weighted by Crippen LogP contribution is 2.28. The van der Waals surface area contributed by atoms with E-state index < -0.39 is 11.9 Å². The molecule has 2 rings (SSSR count). The lowest BCUT2D eigenvalue weighted by molar-refractivity contribution is -0.141. The highest BCUT2D eigenvalue weighted by Gasteiger charge is 2.34. The smallest absolute Gasteiger partial charge is 0.431 e. The van der Waals surface area contributed by atoms with E-state index in [1.807, 2.05) is 0 Å². The average Bonchev–Trinajstić information content (AvgIpc) is 2.69. The molecule has 2 heterocycles. The fourth-order valence-corrected chi connectivity index (χ4v) is 1.13. The predicted molar refractivity (Wildman–Crippen MR) is 43.4 cm³/mol. The molecule has 0 radical (unpaired) electrons. The largest absolute Gasteiger partial charge is 0.435 e. The molecule has 0 aliphatic carbocycles. The minimum Gasteiger partial charge on any atom is -0.431 e. The lowest BCUT2D eigenvalue weighted by Crippen LogP contribution is -2.07. The van der Waals surface area contributed by atoms with Gasteiger partial charge < -0.3 is 4.42 Å². The molecule has 0 saturated heterocycles. The summed E-state index contributed by atoms with van der Waals surface area (Å²) in [4.78, 5) is 3.71. The number of nitrogens with zero attached hydrogens (tertiary/aromatic N) is 3. The van der Waals surface area contributed by atoms with Gasteiger partial charge in [-0.1, -0.05) is 0 Å². The molecule has 0 aromatic carbocycles. The zero-order chi connectivity index (χ0) is 11.1. The van der Waals surface area contributed by atoms with Crippen molar-refractivity contribution in [3.05, 3.63) is 29.9 Å². The van der Waals surface area contributed by atoms with Crippen molar-refractivity contribution in [1.82, 2.24) is 14.8 Å². The molecule has 0 spiro atoms.